The number of hydrogen-bond acceptors (Lipinski definition) is 6. The van der Waals surface area contributed by atoms with Gasteiger partial charge in [0.05, 0.1) is 30.1 Å². The molecule has 0 saturated heterocycles. The molecule has 0 amide bonds. The lowest BCUT2D eigenvalue weighted by atomic mass is 9.77. The predicted molar refractivity (Wildman–Crippen MR) is 106 cm³/mol. The molecule has 2 aromatic heterocycles. The Balaban J connectivity index is 1.79. The van der Waals surface area contributed by atoms with Crippen LogP contribution in [-0.4, -0.2) is 30.7 Å². The molecule has 3 aromatic rings. The average Bonchev–Trinajstić information content (AvgIpc) is 3.08. The molecule has 0 fully saturated rings. The maximum atomic E-state index is 13.2. The van der Waals surface area contributed by atoms with Gasteiger partial charge in [-0.1, -0.05) is 6.92 Å². The summed E-state index contributed by atoms with van der Waals surface area (Å²) >= 11 is 0. The SMILES string of the molecule is CC[C@@]1(O)C(=O)CCc2c1cc1n(c2=O)Cc2cc3c(CO)c(O)ccc3nc2-1. The van der Waals surface area contributed by atoms with Crippen molar-refractivity contribution in [3.05, 3.63) is 56.9 Å². The van der Waals surface area contributed by atoms with Gasteiger partial charge in [-0.05, 0) is 37.1 Å². The van der Waals surface area contributed by atoms with Crippen molar-refractivity contribution in [2.75, 3.05) is 0 Å². The maximum Gasteiger partial charge on any atom is 0.254 e. The lowest BCUT2D eigenvalue weighted by Gasteiger charge is -2.32. The Hall–Kier alpha value is -3.03. The van der Waals surface area contributed by atoms with Crippen molar-refractivity contribution in [2.45, 2.75) is 44.9 Å². The van der Waals surface area contributed by atoms with Gasteiger partial charge in [-0.25, -0.2) is 4.98 Å². The van der Waals surface area contributed by atoms with Crippen LogP contribution in [0.25, 0.3) is 22.3 Å². The largest absolute Gasteiger partial charge is 0.508 e. The molecule has 1 aliphatic heterocycles. The van der Waals surface area contributed by atoms with E-state index in [2.05, 4.69) is 4.98 Å². The summed E-state index contributed by atoms with van der Waals surface area (Å²) in [6.07, 6.45) is 0.683. The molecule has 1 aromatic carbocycles. The van der Waals surface area contributed by atoms with Gasteiger partial charge in [0, 0.05) is 34.1 Å². The van der Waals surface area contributed by atoms with E-state index in [1.807, 2.05) is 6.07 Å². The molecule has 2 aliphatic rings. The number of Topliss-reactive ketones (excluding diaryl/α,β-unsaturated/α-hetero) is 1. The van der Waals surface area contributed by atoms with Crippen LogP contribution in [0.2, 0.25) is 0 Å². The summed E-state index contributed by atoms with van der Waals surface area (Å²) in [5.74, 6) is -0.263. The Labute approximate surface area is 165 Å². The summed E-state index contributed by atoms with van der Waals surface area (Å²) in [5, 5.41) is 31.3. The molecule has 7 heteroatoms. The Kier molecular flexibility index (Phi) is 3.72. The summed E-state index contributed by atoms with van der Waals surface area (Å²) in [6.45, 7) is 1.73. The van der Waals surface area contributed by atoms with Crippen LogP contribution in [0.5, 0.6) is 5.75 Å². The average molecular weight is 392 g/mol. The molecule has 0 unspecified atom stereocenters. The van der Waals surface area contributed by atoms with Crippen molar-refractivity contribution in [1.82, 2.24) is 9.55 Å². The highest BCUT2D eigenvalue weighted by Crippen LogP contribution is 2.40. The molecule has 29 heavy (non-hydrogen) atoms. The molecule has 3 heterocycles. The Morgan fingerprint density at radius 1 is 1.21 bits per heavy atom. The number of nitrogens with zero attached hydrogens (tertiary/aromatic N) is 2. The summed E-state index contributed by atoms with van der Waals surface area (Å²) in [4.78, 5) is 30.3. The lowest BCUT2D eigenvalue weighted by molar-refractivity contribution is -0.140. The number of hydrogen-bond donors (Lipinski definition) is 3. The zero-order valence-electron chi connectivity index (χ0n) is 15.9. The first-order valence-corrected chi connectivity index (χ1v) is 9.67. The second-order valence-corrected chi connectivity index (χ2v) is 7.73. The predicted octanol–water partition coefficient (Wildman–Crippen LogP) is 1.74. The summed E-state index contributed by atoms with van der Waals surface area (Å²) in [7, 11) is 0. The number of aromatic hydroxyl groups is 1. The summed E-state index contributed by atoms with van der Waals surface area (Å²) in [6, 6.07) is 6.72. The first kappa shape index (κ1) is 18.0. The minimum absolute atomic E-state index is 0.00332. The van der Waals surface area contributed by atoms with Crippen molar-refractivity contribution in [2.24, 2.45) is 0 Å². The van der Waals surface area contributed by atoms with Crippen LogP contribution in [0, 0.1) is 0 Å². The number of pyridine rings is 2. The van der Waals surface area contributed by atoms with Crippen LogP contribution in [0.3, 0.4) is 0 Å². The van der Waals surface area contributed by atoms with Crippen LogP contribution in [0.15, 0.2) is 29.1 Å². The molecule has 1 atom stereocenters. The molecule has 0 bridgehead atoms. The van der Waals surface area contributed by atoms with Crippen LogP contribution < -0.4 is 5.56 Å². The molecule has 148 valence electrons. The highest BCUT2D eigenvalue weighted by Gasteiger charge is 2.43. The number of aromatic nitrogens is 2. The van der Waals surface area contributed by atoms with E-state index in [9.17, 15) is 24.9 Å². The van der Waals surface area contributed by atoms with Crippen LogP contribution in [-0.2, 0) is 30.0 Å². The topological polar surface area (TPSA) is 113 Å². The van der Waals surface area contributed by atoms with Gasteiger partial charge in [-0.2, -0.15) is 0 Å². The Bertz CT molecular complexity index is 1280. The van der Waals surface area contributed by atoms with Crippen molar-refractivity contribution < 1.29 is 20.1 Å². The Morgan fingerprint density at radius 2 is 2.00 bits per heavy atom. The molecular weight excluding hydrogens is 372 g/mol. The van der Waals surface area contributed by atoms with E-state index in [0.29, 0.717) is 51.9 Å². The number of carbonyl (C=O) groups excluding carboxylic acids is 1. The fourth-order valence-electron chi connectivity index (χ4n) is 4.65. The minimum Gasteiger partial charge on any atom is -0.508 e. The summed E-state index contributed by atoms with van der Waals surface area (Å²) in [5.41, 5.74) is 2.00. The highest BCUT2D eigenvalue weighted by molar-refractivity contribution is 5.92. The number of aliphatic hydroxyl groups is 2. The molecular formula is C22H20N2O5. The highest BCUT2D eigenvalue weighted by atomic mass is 16.3. The van der Waals surface area contributed by atoms with E-state index in [0.717, 1.165) is 5.56 Å². The van der Waals surface area contributed by atoms with Crippen molar-refractivity contribution in [1.29, 1.82) is 0 Å². The summed E-state index contributed by atoms with van der Waals surface area (Å²) < 4.78 is 1.62. The third-order valence-electron chi connectivity index (χ3n) is 6.31. The molecule has 1 aliphatic carbocycles. The second kappa shape index (κ2) is 5.98. The molecule has 7 nitrogen and oxygen atoms in total. The number of benzene rings is 1. The third kappa shape index (κ3) is 2.28. The quantitative estimate of drug-likeness (QED) is 0.479. The fourth-order valence-corrected chi connectivity index (χ4v) is 4.65. The van der Waals surface area contributed by atoms with E-state index in [1.165, 1.54) is 6.07 Å². The number of aliphatic hydroxyl groups excluding tert-OH is 1. The van der Waals surface area contributed by atoms with Crippen LogP contribution >= 0.6 is 0 Å². The van der Waals surface area contributed by atoms with Crippen molar-refractivity contribution in [3.63, 3.8) is 0 Å². The molecule has 5 rings (SSSR count). The van der Waals surface area contributed by atoms with E-state index < -0.39 is 5.60 Å². The van der Waals surface area contributed by atoms with E-state index >= 15 is 0 Å². The molecule has 3 N–H and O–H groups in total. The van der Waals surface area contributed by atoms with Gasteiger partial charge in [-0.3, -0.25) is 9.59 Å². The number of carbonyl (C=O) groups is 1. The standard InChI is InChI=1S/C22H20N2O5/c1-2-22(29)15-8-17-20-11(9-24(17)21(28)12(15)3-6-19(22)27)7-13-14(10-25)18(26)5-4-16(13)23-20/h4-5,7-8,25-26,29H,2-3,6,9-10H2,1H3/t22-/m0/s1. The number of ketones is 1. The number of rotatable bonds is 2. The third-order valence-corrected chi connectivity index (χ3v) is 6.31. The lowest BCUT2D eigenvalue weighted by Crippen LogP contribution is -2.43. The Morgan fingerprint density at radius 3 is 2.72 bits per heavy atom. The minimum atomic E-state index is -1.64. The van der Waals surface area contributed by atoms with Crippen molar-refractivity contribution >= 4 is 16.7 Å². The fraction of sp³-hybridized carbons (Fsp3) is 0.318. The maximum absolute atomic E-state index is 13.2. The molecule has 0 radical (unpaired) electrons. The van der Waals surface area contributed by atoms with Gasteiger partial charge >= 0.3 is 0 Å². The first-order chi connectivity index (χ1) is 13.9. The van der Waals surface area contributed by atoms with Gasteiger partial charge in [0.25, 0.3) is 5.56 Å². The van der Waals surface area contributed by atoms with Crippen molar-refractivity contribution in [3.8, 4) is 17.1 Å². The normalized spacial score (nSPS) is 19.9. The van der Waals surface area contributed by atoms with Gasteiger partial charge in [0.15, 0.2) is 5.78 Å². The van der Waals surface area contributed by atoms with Gasteiger partial charge in [-0.15, -0.1) is 0 Å². The van der Waals surface area contributed by atoms with E-state index in [4.69, 9.17) is 0 Å². The van der Waals surface area contributed by atoms with Crippen LogP contribution in [0.1, 0.15) is 42.0 Å². The smallest absolute Gasteiger partial charge is 0.254 e. The van der Waals surface area contributed by atoms with E-state index in [1.54, 1.807) is 23.6 Å². The number of fused-ring (bicyclic) bond motifs is 5. The zero-order chi connectivity index (χ0) is 20.5. The first-order valence-electron chi connectivity index (χ1n) is 9.67. The van der Waals surface area contributed by atoms with Gasteiger partial charge in [0.2, 0.25) is 0 Å². The second-order valence-electron chi connectivity index (χ2n) is 7.73. The van der Waals surface area contributed by atoms with Gasteiger partial charge < -0.3 is 19.9 Å². The number of phenols is 1. The van der Waals surface area contributed by atoms with Gasteiger partial charge in [0.1, 0.15) is 11.4 Å². The van der Waals surface area contributed by atoms with Crippen LogP contribution in [0.4, 0.5) is 0 Å². The molecule has 0 saturated carbocycles. The zero-order valence-corrected chi connectivity index (χ0v) is 15.9. The molecule has 0 spiro atoms. The van der Waals surface area contributed by atoms with E-state index in [-0.39, 0.29) is 36.5 Å². The monoisotopic (exact) mass is 392 g/mol.